The molecule has 2 amide bonds. The van der Waals surface area contributed by atoms with Gasteiger partial charge in [0.25, 0.3) is 0 Å². The predicted octanol–water partition coefficient (Wildman–Crippen LogP) is 1.77. The minimum atomic E-state index is -0.354. The van der Waals surface area contributed by atoms with Crippen LogP contribution in [0.15, 0.2) is 18.2 Å². The minimum absolute atomic E-state index is 0.0353. The van der Waals surface area contributed by atoms with Crippen molar-refractivity contribution in [2.45, 2.75) is 39.3 Å². The second kappa shape index (κ2) is 6.48. The molecule has 1 saturated heterocycles. The fourth-order valence-electron chi connectivity index (χ4n) is 3.17. The second-order valence-corrected chi connectivity index (χ2v) is 5.77. The number of hydrogen-bond acceptors (Lipinski definition) is 4. The van der Waals surface area contributed by atoms with Crippen molar-refractivity contribution in [2.24, 2.45) is 0 Å². The van der Waals surface area contributed by atoms with Crippen molar-refractivity contribution in [3.05, 3.63) is 23.8 Å². The Morgan fingerprint density at radius 1 is 1.26 bits per heavy atom. The molecule has 0 bridgehead atoms. The molecule has 0 aliphatic carbocycles. The lowest BCUT2D eigenvalue weighted by Gasteiger charge is -2.29. The summed E-state index contributed by atoms with van der Waals surface area (Å²) < 4.78 is 10.7. The normalized spacial score (nSPS) is 19.3. The number of carbonyl (C=O) groups is 2. The minimum Gasteiger partial charge on any atom is -0.454 e. The molecule has 6 heteroatoms. The smallest absolute Gasteiger partial charge is 0.245 e. The molecule has 23 heavy (non-hydrogen) atoms. The number of rotatable bonds is 5. The maximum absolute atomic E-state index is 12.6. The zero-order valence-electron chi connectivity index (χ0n) is 13.6. The molecule has 124 valence electrons. The van der Waals surface area contributed by atoms with E-state index in [0.29, 0.717) is 38.2 Å². The van der Waals surface area contributed by atoms with Crippen LogP contribution in [0.2, 0.25) is 0 Å². The Kier molecular flexibility index (Phi) is 4.41. The summed E-state index contributed by atoms with van der Waals surface area (Å²) in [5, 5.41) is 0. The van der Waals surface area contributed by atoms with E-state index in [1.807, 2.05) is 32.0 Å². The first-order valence-electron chi connectivity index (χ1n) is 8.10. The maximum Gasteiger partial charge on any atom is 0.245 e. The molecule has 2 heterocycles. The van der Waals surface area contributed by atoms with Gasteiger partial charge in [0.15, 0.2) is 11.5 Å². The molecule has 1 unspecified atom stereocenters. The van der Waals surface area contributed by atoms with Crippen LogP contribution in [-0.2, 0) is 16.1 Å². The molecule has 3 rings (SSSR count). The first kappa shape index (κ1) is 15.6. The van der Waals surface area contributed by atoms with E-state index in [0.717, 1.165) is 11.3 Å². The number of likely N-dealkylation sites (tertiary alicyclic amines) is 1. The van der Waals surface area contributed by atoms with Crippen LogP contribution in [0.5, 0.6) is 11.5 Å². The molecular weight excluding hydrogens is 296 g/mol. The summed E-state index contributed by atoms with van der Waals surface area (Å²) in [6.45, 7) is 5.90. The first-order chi connectivity index (χ1) is 11.1. The van der Waals surface area contributed by atoms with Gasteiger partial charge in [0, 0.05) is 26.1 Å². The van der Waals surface area contributed by atoms with Gasteiger partial charge in [-0.1, -0.05) is 6.07 Å². The van der Waals surface area contributed by atoms with Crippen molar-refractivity contribution in [2.75, 3.05) is 19.9 Å². The molecule has 0 N–H and O–H groups in total. The Labute approximate surface area is 136 Å². The zero-order valence-corrected chi connectivity index (χ0v) is 13.6. The number of ether oxygens (including phenoxy) is 2. The van der Waals surface area contributed by atoms with Crippen LogP contribution in [0.4, 0.5) is 0 Å². The van der Waals surface area contributed by atoms with Crippen LogP contribution >= 0.6 is 0 Å². The fourth-order valence-corrected chi connectivity index (χ4v) is 3.17. The molecule has 1 aromatic carbocycles. The highest BCUT2D eigenvalue weighted by Crippen LogP contribution is 2.33. The summed E-state index contributed by atoms with van der Waals surface area (Å²) in [6, 6.07) is 5.29. The zero-order chi connectivity index (χ0) is 16.4. The van der Waals surface area contributed by atoms with Gasteiger partial charge < -0.3 is 19.3 Å². The standard InChI is InChI=1S/C17H22N2O4/c1-3-18(4-2)17(21)13-6-8-16(20)19(13)10-12-5-7-14-15(9-12)23-11-22-14/h5,7,9,13H,3-4,6,8,10-11H2,1-2H3. The first-order valence-corrected chi connectivity index (χ1v) is 8.10. The average molecular weight is 318 g/mol. The molecule has 0 aromatic heterocycles. The molecule has 2 aliphatic heterocycles. The van der Waals surface area contributed by atoms with E-state index in [-0.39, 0.29) is 24.6 Å². The summed E-state index contributed by atoms with van der Waals surface area (Å²) in [4.78, 5) is 28.3. The van der Waals surface area contributed by atoms with Gasteiger partial charge in [0.1, 0.15) is 6.04 Å². The maximum atomic E-state index is 12.6. The Morgan fingerprint density at radius 2 is 2.00 bits per heavy atom. The van der Waals surface area contributed by atoms with Gasteiger partial charge >= 0.3 is 0 Å². The molecule has 2 aliphatic rings. The third-order valence-electron chi connectivity index (χ3n) is 4.48. The highest BCUT2D eigenvalue weighted by molar-refractivity contribution is 5.90. The number of benzene rings is 1. The van der Waals surface area contributed by atoms with Gasteiger partial charge in [-0.05, 0) is 38.0 Å². The van der Waals surface area contributed by atoms with Crippen LogP contribution < -0.4 is 9.47 Å². The van der Waals surface area contributed by atoms with E-state index in [1.54, 1.807) is 9.80 Å². The van der Waals surface area contributed by atoms with E-state index in [1.165, 1.54) is 0 Å². The molecule has 1 aromatic rings. The summed E-state index contributed by atoms with van der Waals surface area (Å²) in [5.74, 6) is 1.49. The topological polar surface area (TPSA) is 59.1 Å². The van der Waals surface area contributed by atoms with Gasteiger partial charge in [-0.3, -0.25) is 9.59 Å². The van der Waals surface area contributed by atoms with E-state index < -0.39 is 0 Å². The number of likely N-dealkylation sites (N-methyl/N-ethyl adjacent to an activating group) is 1. The Bertz CT molecular complexity index is 613. The van der Waals surface area contributed by atoms with Crippen molar-refractivity contribution in [3.63, 3.8) is 0 Å². The van der Waals surface area contributed by atoms with Crippen molar-refractivity contribution in [1.29, 1.82) is 0 Å². The second-order valence-electron chi connectivity index (χ2n) is 5.77. The van der Waals surface area contributed by atoms with Crippen molar-refractivity contribution in [3.8, 4) is 11.5 Å². The molecular formula is C17H22N2O4. The van der Waals surface area contributed by atoms with Gasteiger partial charge in [-0.2, -0.15) is 0 Å². The quantitative estimate of drug-likeness (QED) is 0.830. The summed E-state index contributed by atoms with van der Waals surface area (Å²) in [7, 11) is 0. The van der Waals surface area contributed by atoms with Crippen LogP contribution in [0.25, 0.3) is 0 Å². The lowest BCUT2D eigenvalue weighted by Crippen LogP contribution is -2.46. The van der Waals surface area contributed by atoms with Crippen LogP contribution in [0, 0.1) is 0 Å². The lowest BCUT2D eigenvalue weighted by atomic mass is 10.1. The van der Waals surface area contributed by atoms with E-state index in [9.17, 15) is 9.59 Å². The number of carbonyl (C=O) groups excluding carboxylic acids is 2. The Morgan fingerprint density at radius 3 is 2.74 bits per heavy atom. The number of fused-ring (bicyclic) bond motifs is 1. The third kappa shape index (κ3) is 2.98. The van der Waals surface area contributed by atoms with Gasteiger partial charge in [0.05, 0.1) is 0 Å². The predicted molar refractivity (Wildman–Crippen MR) is 84.1 cm³/mol. The number of nitrogens with zero attached hydrogens (tertiary/aromatic N) is 2. The van der Waals surface area contributed by atoms with Gasteiger partial charge in [-0.25, -0.2) is 0 Å². The molecule has 1 fully saturated rings. The molecule has 6 nitrogen and oxygen atoms in total. The summed E-state index contributed by atoms with van der Waals surface area (Å²) in [5.41, 5.74) is 0.946. The molecule has 0 saturated carbocycles. The Balaban J connectivity index is 1.76. The number of hydrogen-bond donors (Lipinski definition) is 0. The summed E-state index contributed by atoms with van der Waals surface area (Å²) in [6.07, 6.45) is 1.03. The van der Waals surface area contributed by atoms with E-state index in [2.05, 4.69) is 0 Å². The molecule has 0 spiro atoms. The SMILES string of the molecule is CCN(CC)C(=O)C1CCC(=O)N1Cc1ccc2c(c1)OCO2. The van der Waals surface area contributed by atoms with Crippen molar-refractivity contribution >= 4 is 11.8 Å². The van der Waals surface area contributed by atoms with Gasteiger partial charge in [-0.15, -0.1) is 0 Å². The van der Waals surface area contributed by atoms with Crippen molar-refractivity contribution < 1.29 is 19.1 Å². The highest BCUT2D eigenvalue weighted by atomic mass is 16.7. The average Bonchev–Trinajstić information content (AvgIpc) is 3.15. The fraction of sp³-hybridized carbons (Fsp3) is 0.529. The van der Waals surface area contributed by atoms with Gasteiger partial charge in [0.2, 0.25) is 18.6 Å². The summed E-state index contributed by atoms with van der Waals surface area (Å²) >= 11 is 0. The molecule has 1 atom stereocenters. The molecule has 0 radical (unpaired) electrons. The monoisotopic (exact) mass is 318 g/mol. The third-order valence-corrected chi connectivity index (χ3v) is 4.48. The van der Waals surface area contributed by atoms with E-state index >= 15 is 0 Å². The van der Waals surface area contributed by atoms with Crippen molar-refractivity contribution in [1.82, 2.24) is 9.80 Å². The number of amides is 2. The highest BCUT2D eigenvalue weighted by Gasteiger charge is 2.37. The lowest BCUT2D eigenvalue weighted by molar-refractivity contribution is -0.141. The Hall–Kier alpha value is -2.24. The van der Waals surface area contributed by atoms with Crippen LogP contribution in [-0.4, -0.2) is 47.5 Å². The largest absolute Gasteiger partial charge is 0.454 e. The van der Waals surface area contributed by atoms with Crippen LogP contribution in [0.1, 0.15) is 32.3 Å². The van der Waals surface area contributed by atoms with Crippen LogP contribution in [0.3, 0.4) is 0 Å². The van der Waals surface area contributed by atoms with E-state index in [4.69, 9.17) is 9.47 Å².